The van der Waals surface area contributed by atoms with E-state index in [9.17, 15) is 4.79 Å². The molecular weight excluding hydrogens is 336 g/mol. The predicted molar refractivity (Wildman–Crippen MR) is 109 cm³/mol. The quantitative estimate of drug-likeness (QED) is 0.659. The highest BCUT2D eigenvalue weighted by atomic mass is 16.5. The molecule has 1 N–H and O–H groups in total. The van der Waals surface area contributed by atoms with E-state index in [0.29, 0.717) is 19.7 Å². The number of hydrogen-bond donors (Lipinski definition) is 1. The number of terminal acetylenes is 1. The molecule has 0 aliphatic carbocycles. The molecule has 0 saturated carbocycles. The molecule has 0 atom stereocenters. The van der Waals surface area contributed by atoms with Gasteiger partial charge in [0.25, 0.3) is 0 Å². The zero-order valence-corrected chi connectivity index (χ0v) is 16.2. The van der Waals surface area contributed by atoms with E-state index in [4.69, 9.17) is 11.2 Å². The van der Waals surface area contributed by atoms with Gasteiger partial charge in [-0.25, -0.2) is 0 Å². The molecule has 0 heterocycles. The lowest BCUT2D eigenvalue weighted by Crippen LogP contribution is -2.35. The van der Waals surface area contributed by atoms with E-state index in [1.54, 1.807) is 0 Å². The Hall–Kier alpha value is -2.61. The molecular formula is C23H28N2O2. The summed E-state index contributed by atoms with van der Waals surface area (Å²) in [6, 6.07) is 16.8. The zero-order valence-electron chi connectivity index (χ0n) is 16.2. The first-order valence-electron chi connectivity index (χ1n) is 9.17. The van der Waals surface area contributed by atoms with Crippen LogP contribution in [0.3, 0.4) is 0 Å². The first kappa shape index (κ1) is 20.7. The second-order valence-electron chi connectivity index (χ2n) is 6.70. The van der Waals surface area contributed by atoms with Crippen molar-refractivity contribution in [2.45, 2.75) is 20.0 Å². The van der Waals surface area contributed by atoms with Crippen LogP contribution in [-0.4, -0.2) is 44.1 Å². The van der Waals surface area contributed by atoms with Crippen molar-refractivity contribution in [2.24, 2.45) is 0 Å². The number of ether oxygens (including phenoxy) is 1. The molecule has 0 aliphatic heterocycles. The summed E-state index contributed by atoms with van der Waals surface area (Å²) in [5.41, 5.74) is 4.97. The minimum Gasteiger partial charge on any atom is -0.367 e. The van der Waals surface area contributed by atoms with E-state index in [2.05, 4.69) is 66.7 Å². The van der Waals surface area contributed by atoms with Crippen molar-refractivity contribution in [2.75, 3.05) is 33.3 Å². The summed E-state index contributed by atoms with van der Waals surface area (Å²) in [5.74, 6) is 2.46. The minimum absolute atomic E-state index is 0.0593. The van der Waals surface area contributed by atoms with Crippen LogP contribution in [0.5, 0.6) is 0 Å². The molecule has 4 nitrogen and oxygen atoms in total. The molecule has 4 heteroatoms. The maximum atomic E-state index is 11.8. The maximum Gasteiger partial charge on any atom is 0.246 e. The zero-order chi connectivity index (χ0) is 19.5. The Labute approximate surface area is 162 Å². The van der Waals surface area contributed by atoms with Gasteiger partial charge in [-0.05, 0) is 42.6 Å². The molecule has 0 aromatic heterocycles. The molecule has 2 aromatic carbocycles. The van der Waals surface area contributed by atoms with E-state index < -0.39 is 0 Å². The standard InChI is InChI=1S/C23H28N2O2/c1-4-14-25(3)15-13-24-23(26)18-27-17-21-11-9-20(10-12-21)16-22-8-6-5-7-19(22)2/h1,5-12H,13-18H2,2-3H3,(H,24,26). The Morgan fingerprint density at radius 3 is 2.56 bits per heavy atom. The summed E-state index contributed by atoms with van der Waals surface area (Å²) in [4.78, 5) is 13.7. The number of carbonyl (C=O) groups is 1. The van der Waals surface area contributed by atoms with Gasteiger partial charge < -0.3 is 10.1 Å². The first-order chi connectivity index (χ1) is 13.1. The molecule has 0 unspecified atom stereocenters. The van der Waals surface area contributed by atoms with E-state index in [0.717, 1.165) is 18.5 Å². The molecule has 2 aromatic rings. The lowest BCUT2D eigenvalue weighted by atomic mass is 10.00. The van der Waals surface area contributed by atoms with Gasteiger partial charge in [0.1, 0.15) is 6.61 Å². The van der Waals surface area contributed by atoms with Crippen molar-refractivity contribution in [1.82, 2.24) is 10.2 Å². The third kappa shape index (κ3) is 7.65. The monoisotopic (exact) mass is 364 g/mol. The fourth-order valence-corrected chi connectivity index (χ4v) is 2.72. The molecule has 0 spiro atoms. The first-order valence-corrected chi connectivity index (χ1v) is 9.17. The van der Waals surface area contributed by atoms with Crippen LogP contribution in [0.2, 0.25) is 0 Å². The van der Waals surface area contributed by atoms with E-state index in [-0.39, 0.29) is 12.5 Å². The summed E-state index contributed by atoms with van der Waals surface area (Å²) >= 11 is 0. The third-order valence-corrected chi connectivity index (χ3v) is 4.36. The van der Waals surface area contributed by atoms with Crippen LogP contribution in [0, 0.1) is 19.3 Å². The highest BCUT2D eigenvalue weighted by Crippen LogP contribution is 2.14. The van der Waals surface area contributed by atoms with Gasteiger partial charge in [-0.3, -0.25) is 9.69 Å². The van der Waals surface area contributed by atoms with Crippen LogP contribution in [0.25, 0.3) is 0 Å². The molecule has 0 saturated heterocycles. The predicted octanol–water partition coefficient (Wildman–Crippen LogP) is 2.78. The number of benzene rings is 2. The summed E-state index contributed by atoms with van der Waals surface area (Å²) in [7, 11) is 1.92. The second kappa shape index (κ2) is 11.2. The topological polar surface area (TPSA) is 41.6 Å². The Kier molecular flexibility index (Phi) is 8.57. The van der Waals surface area contributed by atoms with Gasteiger partial charge in [-0.1, -0.05) is 54.5 Å². The third-order valence-electron chi connectivity index (χ3n) is 4.36. The van der Waals surface area contributed by atoms with Crippen molar-refractivity contribution < 1.29 is 9.53 Å². The Morgan fingerprint density at radius 2 is 1.85 bits per heavy atom. The van der Waals surface area contributed by atoms with Crippen molar-refractivity contribution >= 4 is 5.91 Å². The van der Waals surface area contributed by atoms with Crippen molar-refractivity contribution in [1.29, 1.82) is 0 Å². The Bertz CT molecular complexity index is 763. The average Bonchev–Trinajstić information content (AvgIpc) is 2.65. The molecule has 0 radical (unpaired) electrons. The summed E-state index contributed by atoms with van der Waals surface area (Å²) in [6.45, 7) is 4.48. The number of amides is 1. The van der Waals surface area contributed by atoms with E-state index >= 15 is 0 Å². The molecule has 0 bridgehead atoms. The van der Waals surface area contributed by atoms with Gasteiger partial charge in [0, 0.05) is 13.1 Å². The second-order valence-corrected chi connectivity index (χ2v) is 6.70. The fourth-order valence-electron chi connectivity index (χ4n) is 2.72. The molecule has 0 fully saturated rings. The average molecular weight is 364 g/mol. The number of nitrogens with zero attached hydrogens (tertiary/aromatic N) is 1. The van der Waals surface area contributed by atoms with Crippen molar-refractivity contribution in [3.63, 3.8) is 0 Å². The number of likely N-dealkylation sites (N-methyl/N-ethyl adjacent to an activating group) is 1. The lowest BCUT2D eigenvalue weighted by molar-refractivity contribution is -0.126. The molecule has 1 amide bonds. The molecule has 0 aliphatic rings. The Morgan fingerprint density at radius 1 is 1.15 bits per heavy atom. The van der Waals surface area contributed by atoms with Crippen LogP contribution < -0.4 is 5.32 Å². The summed E-state index contributed by atoms with van der Waals surface area (Å²) < 4.78 is 5.51. The van der Waals surface area contributed by atoms with Crippen LogP contribution in [0.1, 0.15) is 22.3 Å². The van der Waals surface area contributed by atoms with Gasteiger partial charge >= 0.3 is 0 Å². The smallest absolute Gasteiger partial charge is 0.246 e. The van der Waals surface area contributed by atoms with Crippen LogP contribution in [0.4, 0.5) is 0 Å². The highest BCUT2D eigenvalue weighted by molar-refractivity contribution is 5.77. The Balaban J connectivity index is 1.68. The van der Waals surface area contributed by atoms with Crippen LogP contribution in [-0.2, 0) is 22.6 Å². The number of hydrogen-bond acceptors (Lipinski definition) is 3. The maximum absolute atomic E-state index is 11.8. The van der Waals surface area contributed by atoms with Crippen LogP contribution >= 0.6 is 0 Å². The summed E-state index contributed by atoms with van der Waals surface area (Å²) in [5, 5.41) is 2.83. The van der Waals surface area contributed by atoms with Crippen LogP contribution in [0.15, 0.2) is 48.5 Å². The van der Waals surface area contributed by atoms with Gasteiger partial charge in [0.05, 0.1) is 13.2 Å². The number of aryl methyl sites for hydroxylation is 1. The van der Waals surface area contributed by atoms with Gasteiger partial charge in [0.2, 0.25) is 5.91 Å². The highest BCUT2D eigenvalue weighted by Gasteiger charge is 2.04. The van der Waals surface area contributed by atoms with E-state index in [1.165, 1.54) is 16.7 Å². The molecule has 27 heavy (non-hydrogen) atoms. The van der Waals surface area contributed by atoms with Gasteiger partial charge in [-0.2, -0.15) is 0 Å². The van der Waals surface area contributed by atoms with Gasteiger partial charge in [-0.15, -0.1) is 6.42 Å². The largest absolute Gasteiger partial charge is 0.367 e. The SMILES string of the molecule is C#CCN(C)CCNC(=O)COCc1ccc(Cc2ccccc2C)cc1. The number of carbonyl (C=O) groups excluding carboxylic acids is 1. The summed E-state index contributed by atoms with van der Waals surface area (Å²) in [6.07, 6.45) is 6.16. The fraction of sp³-hybridized carbons (Fsp3) is 0.348. The van der Waals surface area contributed by atoms with Crippen molar-refractivity contribution in [3.8, 4) is 12.3 Å². The lowest BCUT2D eigenvalue weighted by Gasteiger charge is -2.13. The number of rotatable bonds is 10. The van der Waals surface area contributed by atoms with E-state index in [1.807, 2.05) is 11.9 Å². The normalized spacial score (nSPS) is 10.6. The molecule has 142 valence electrons. The number of nitrogens with one attached hydrogen (secondary N) is 1. The minimum atomic E-state index is -0.111. The molecule has 2 rings (SSSR count). The van der Waals surface area contributed by atoms with Gasteiger partial charge in [0.15, 0.2) is 0 Å². The van der Waals surface area contributed by atoms with Crippen molar-refractivity contribution in [3.05, 3.63) is 70.8 Å².